The van der Waals surface area contributed by atoms with Gasteiger partial charge in [0.2, 0.25) is 5.91 Å². The number of carbonyl (C=O) groups excluding carboxylic acids is 1. The van der Waals surface area contributed by atoms with E-state index in [-0.39, 0.29) is 23.8 Å². The molecule has 7 heteroatoms. The first-order valence-corrected chi connectivity index (χ1v) is 10.6. The van der Waals surface area contributed by atoms with Crippen LogP contribution in [0.2, 0.25) is 5.02 Å². The Morgan fingerprint density at radius 1 is 1.13 bits per heavy atom. The highest BCUT2D eigenvalue weighted by Gasteiger charge is 2.27. The predicted molar refractivity (Wildman–Crippen MR) is 117 cm³/mol. The molecule has 1 aliphatic heterocycles. The fourth-order valence-electron chi connectivity index (χ4n) is 3.82. The SMILES string of the molecule is COc1ccccc1C(C)NC(=O)C(C)N1CCN(Cc2c(F)cccc2Cl)CC1. The lowest BCUT2D eigenvalue weighted by Crippen LogP contribution is -2.53. The molecule has 1 saturated heterocycles. The molecule has 0 saturated carbocycles. The van der Waals surface area contributed by atoms with Crippen LogP contribution >= 0.6 is 11.6 Å². The Morgan fingerprint density at radius 3 is 2.50 bits per heavy atom. The molecule has 3 rings (SSSR count). The third kappa shape index (κ3) is 5.31. The highest BCUT2D eigenvalue weighted by molar-refractivity contribution is 6.31. The van der Waals surface area contributed by atoms with E-state index < -0.39 is 0 Å². The second-order valence-electron chi connectivity index (χ2n) is 7.66. The van der Waals surface area contributed by atoms with Crippen LogP contribution in [0.25, 0.3) is 0 Å². The highest BCUT2D eigenvalue weighted by Crippen LogP contribution is 2.25. The molecule has 0 aliphatic carbocycles. The van der Waals surface area contributed by atoms with Gasteiger partial charge in [-0.15, -0.1) is 0 Å². The van der Waals surface area contributed by atoms with Crippen LogP contribution in [0.15, 0.2) is 42.5 Å². The Hall–Kier alpha value is -2.15. The molecule has 1 fully saturated rings. The lowest BCUT2D eigenvalue weighted by atomic mass is 10.1. The molecule has 162 valence electrons. The molecule has 0 radical (unpaired) electrons. The van der Waals surface area contributed by atoms with Gasteiger partial charge in [0.25, 0.3) is 0 Å². The lowest BCUT2D eigenvalue weighted by Gasteiger charge is -2.37. The molecule has 1 heterocycles. The largest absolute Gasteiger partial charge is 0.496 e. The van der Waals surface area contributed by atoms with Crippen LogP contribution in [0.3, 0.4) is 0 Å². The minimum atomic E-state index is -0.275. The maximum absolute atomic E-state index is 14.0. The van der Waals surface area contributed by atoms with E-state index >= 15 is 0 Å². The fourth-order valence-corrected chi connectivity index (χ4v) is 4.04. The Balaban J connectivity index is 1.53. The molecule has 0 spiro atoms. The van der Waals surface area contributed by atoms with Crippen molar-refractivity contribution >= 4 is 17.5 Å². The summed E-state index contributed by atoms with van der Waals surface area (Å²) in [6, 6.07) is 12.1. The van der Waals surface area contributed by atoms with Gasteiger partial charge in [0.1, 0.15) is 11.6 Å². The molecule has 0 aromatic heterocycles. The molecule has 1 N–H and O–H groups in total. The Labute approximate surface area is 182 Å². The van der Waals surface area contributed by atoms with Crippen molar-refractivity contribution in [2.75, 3.05) is 33.3 Å². The fraction of sp³-hybridized carbons (Fsp3) is 0.435. The van der Waals surface area contributed by atoms with Crippen LogP contribution in [-0.2, 0) is 11.3 Å². The van der Waals surface area contributed by atoms with Gasteiger partial charge in [-0.2, -0.15) is 0 Å². The normalized spacial score (nSPS) is 17.4. The second kappa shape index (κ2) is 10.2. The van der Waals surface area contributed by atoms with E-state index in [1.807, 2.05) is 38.1 Å². The van der Waals surface area contributed by atoms with E-state index in [0.717, 1.165) is 37.5 Å². The van der Waals surface area contributed by atoms with Crippen LogP contribution in [0, 0.1) is 5.82 Å². The maximum Gasteiger partial charge on any atom is 0.237 e. The van der Waals surface area contributed by atoms with E-state index in [1.165, 1.54) is 6.07 Å². The molecule has 0 bridgehead atoms. The highest BCUT2D eigenvalue weighted by atomic mass is 35.5. The number of ether oxygens (including phenoxy) is 1. The van der Waals surface area contributed by atoms with Crippen molar-refractivity contribution < 1.29 is 13.9 Å². The van der Waals surface area contributed by atoms with E-state index in [4.69, 9.17) is 16.3 Å². The van der Waals surface area contributed by atoms with Crippen LogP contribution in [-0.4, -0.2) is 55.0 Å². The molecule has 2 aromatic rings. The molecule has 1 aliphatic rings. The van der Waals surface area contributed by atoms with Gasteiger partial charge in [-0.05, 0) is 32.0 Å². The smallest absolute Gasteiger partial charge is 0.237 e. The van der Waals surface area contributed by atoms with Crippen molar-refractivity contribution in [1.29, 1.82) is 0 Å². The lowest BCUT2D eigenvalue weighted by molar-refractivity contribution is -0.127. The van der Waals surface area contributed by atoms with Gasteiger partial charge in [0, 0.05) is 48.9 Å². The number of benzene rings is 2. The zero-order valence-electron chi connectivity index (χ0n) is 17.7. The van der Waals surface area contributed by atoms with E-state index in [1.54, 1.807) is 19.2 Å². The predicted octanol–water partition coefficient (Wildman–Crippen LogP) is 3.87. The summed E-state index contributed by atoms with van der Waals surface area (Å²) in [6.07, 6.45) is 0. The zero-order valence-corrected chi connectivity index (χ0v) is 18.5. The number of hydrogen-bond acceptors (Lipinski definition) is 4. The number of rotatable bonds is 7. The summed E-state index contributed by atoms with van der Waals surface area (Å²) in [7, 11) is 1.63. The first kappa shape index (κ1) is 22.5. The molecule has 2 atom stereocenters. The Bertz CT molecular complexity index is 851. The van der Waals surface area contributed by atoms with Crippen molar-refractivity contribution in [3.8, 4) is 5.75 Å². The van der Waals surface area contributed by atoms with E-state index in [0.29, 0.717) is 17.1 Å². The monoisotopic (exact) mass is 433 g/mol. The van der Waals surface area contributed by atoms with Gasteiger partial charge in [0.15, 0.2) is 0 Å². The number of amides is 1. The molecular formula is C23H29ClFN3O2. The van der Waals surface area contributed by atoms with Gasteiger partial charge in [-0.1, -0.05) is 35.9 Å². The van der Waals surface area contributed by atoms with Gasteiger partial charge >= 0.3 is 0 Å². The van der Waals surface area contributed by atoms with Gasteiger partial charge in [0.05, 0.1) is 19.2 Å². The number of para-hydroxylation sites is 1. The number of carbonyl (C=O) groups is 1. The quantitative estimate of drug-likeness (QED) is 0.720. The standard InChI is InChI=1S/C23H29ClFN3O2/c1-16(18-7-4-5-10-22(18)30-3)26-23(29)17(2)28-13-11-27(12-14-28)15-19-20(24)8-6-9-21(19)25/h4-10,16-17H,11-15H2,1-3H3,(H,26,29). The maximum atomic E-state index is 14.0. The summed E-state index contributed by atoms with van der Waals surface area (Å²) >= 11 is 6.15. The minimum Gasteiger partial charge on any atom is -0.496 e. The van der Waals surface area contributed by atoms with Crippen LogP contribution < -0.4 is 10.1 Å². The van der Waals surface area contributed by atoms with Gasteiger partial charge < -0.3 is 10.1 Å². The van der Waals surface area contributed by atoms with Crippen molar-refractivity contribution in [2.24, 2.45) is 0 Å². The second-order valence-corrected chi connectivity index (χ2v) is 8.07. The number of nitrogens with one attached hydrogen (secondary N) is 1. The summed E-state index contributed by atoms with van der Waals surface area (Å²) in [5.41, 5.74) is 1.48. The average molecular weight is 434 g/mol. The number of piperazine rings is 1. The molecule has 2 aromatic carbocycles. The summed E-state index contributed by atoms with van der Waals surface area (Å²) in [5, 5.41) is 3.55. The molecule has 1 amide bonds. The summed E-state index contributed by atoms with van der Waals surface area (Å²) in [4.78, 5) is 17.1. The first-order valence-electron chi connectivity index (χ1n) is 10.2. The van der Waals surface area contributed by atoms with E-state index in [9.17, 15) is 9.18 Å². The van der Waals surface area contributed by atoms with Crippen molar-refractivity contribution in [3.63, 3.8) is 0 Å². The number of halogens is 2. The van der Waals surface area contributed by atoms with Crippen molar-refractivity contribution in [2.45, 2.75) is 32.5 Å². The zero-order chi connectivity index (χ0) is 21.7. The summed E-state index contributed by atoms with van der Waals surface area (Å²) in [6.45, 7) is 7.35. The van der Waals surface area contributed by atoms with Crippen molar-refractivity contribution in [1.82, 2.24) is 15.1 Å². The van der Waals surface area contributed by atoms with Crippen molar-refractivity contribution in [3.05, 3.63) is 64.4 Å². The molecule has 5 nitrogen and oxygen atoms in total. The molecule has 30 heavy (non-hydrogen) atoms. The Morgan fingerprint density at radius 2 is 1.83 bits per heavy atom. The van der Waals surface area contributed by atoms with Crippen LogP contribution in [0.1, 0.15) is 31.0 Å². The van der Waals surface area contributed by atoms with Gasteiger partial charge in [-0.3, -0.25) is 14.6 Å². The van der Waals surface area contributed by atoms with Crippen LogP contribution in [0.4, 0.5) is 4.39 Å². The molecular weight excluding hydrogens is 405 g/mol. The van der Waals surface area contributed by atoms with Gasteiger partial charge in [-0.25, -0.2) is 4.39 Å². The third-order valence-corrected chi connectivity index (χ3v) is 6.10. The Kier molecular flexibility index (Phi) is 7.69. The number of nitrogens with zero attached hydrogens (tertiary/aromatic N) is 2. The third-order valence-electron chi connectivity index (χ3n) is 5.74. The summed E-state index contributed by atoms with van der Waals surface area (Å²) < 4.78 is 19.4. The topological polar surface area (TPSA) is 44.8 Å². The number of methoxy groups -OCH3 is 1. The summed E-state index contributed by atoms with van der Waals surface area (Å²) in [5.74, 6) is 0.473. The first-order chi connectivity index (χ1) is 14.4. The average Bonchev–Trinajstić information content (AvgIpc) is 2.76. The minimum absolute atomic E-state index is 0.0148. The van der Waals surface area contributed by atoms with Crippen LogP contribution in [0.5, 0.6) is 5.75 Å². The van der Waals surface area contributed by atoms with E-state index in [2.05, 4.69) is 15.1 Å². The number of hydrogen-bond donors (Lipinski definition) is 1. The molecule has 2 unspecified atom stereocenters.